The number of nitrogen functional groups attached to an aromatic ring is 1. The number of esters is 1. The molecule has 27 heavy (non-hydrogen) atoms. The molecule has 1 saturated heterocycles. The van der Waals surface area contributed by atoms with Gasteiger partial charge in [-0.15, -0.1) is 0 Å². The van der Waals surface area contributed by atoms with Gasteiger partial charge in [-0.05, 0) is 27.2 Å². The first-order valence-corrected chi connectivity index (χ1v) is 9.15. The van der Waals surface area contributed by atoms with Crippen LogP contribution in [0.1, 0.15) is 40.2 Å². The average Bonchev–Trinajstić information content (AvgIpc) is 3.13. The molecular weight excluding hydrogens is 374 g/mol. The third-order valence-corrected chi connectivity index (χ3v) is 5.63. The summed E-state index contributed by atoms with van der Waals surface area (Å²) in [6.45, 7) is 7.39. The number of ether oxygens (including phenoxy) is 3. The van der Waals surface area contributed by atoms with Gasteiger partial charge in [0.05, 0.1) is 19.0 Å². The number of halogens is 1. The summed E-state index contributed by atoms with van der Waals surface area (Å²) in [5, 5.41) is 0.206. The molecule has 0 aromatic carbocycles. The number of anilines is 1. The number of carbonyl (C=O) groups is 1. The Morgan fingerprint density at radius 2 is 2.19 bits per heavy atom. The van der Waals surface area contributed by atoms with Crippen LogP contribution in [-0.4, -0.2) is 49.6 Å². The molecule has 1 saturated carbocycles. The van der Waals surface area contributed by atoms with Crippen LogP contribution in [-0.2, 0) is 19.0 Å². The Labute approximate surface area is 161 Å². The highest BCUT2D eigenvalue weighted by Gasteiger charge is 2.62. The Morgan fingerprint density at radius 1 is 1.44 bits per heavy atom. The van der Waals surface area contributed by atoms with E-state index in [-0.39, 0.29) is 41.7 Å². The number of nitrogens with zero attached hydrogens (tertiary/aromatic N) is 4. The molecule has 1 aliphatic carbocycles. The smallest absolute Gasteiger partial charge is 0.302 e. The van der Waals surface area contributed by atoms with Crippen LogP contribution in [0.5, 0.6) is 0 Å². The van der Waals surface area contributed by atoms with Gasteiger partial charge in [-0.3, -0.25) is 4.79 Å². The third kappa shape index (κ3) is 2.94. The Morgan fingerprint density at radius 3 is 2.89 bits per heavy atom. The minimum atomic E-state index is -0.755. The average molecular weight is 396 g/mol. The molecule has 2 unspecified atom stereocenters. The van der Waals surface area contributed by atoms with Crippen molar-refractivity contribution in [2.24, 2.45) is 5.92 Å². The predicted octanol–water partition coefficient (Wildman–Crippen LogP) is 2.10. The maximum Gasteiger partial charge on any atom is 0.302 e. The molecule has 2 N–H and O–H groups in total. The molecule has 4 rings (SSSR count). The monoisotopic (exact) mass is 395 g/mol. The lowest BCUT2D eigenvalue weighted by molar-refractivity contribution is -0.181. The highest BCUT2D eigenvalue weighted by Crippen LogP contribution is 2.54. The van der Waals surface area contributed by atoms with Crippen molar-refractivity contribution >= 4 is 34.7 Å². The second kappa shape index (κ2) is 6.02. The first-order chi connectivity index (χ1) is 12.6. The summed E-state index contributed by atoms with van der Waals surface area (Å²) >= 11 is 6.16. The fraction of sp³-hybridized carbons (Fsp3) is 0.647. The molecule has 4 atom stereocenters. The van der Waals surface area contributed by atoms with Crippen molar-refractivity contribution in [3.8, 4) is 0 Å². The summed E-state index contributed by atoms with van der Waals surface area (Å²) in [5.41, 5.74) is 6.18. The zero-order valence-corrected chi connectivity index (χ0v) is 16.4. The molecule has 1 aliphatic heterocycles. The molecule has 10 heteroatoms. The van der Waals surface area contributed by atoms with Crippen molar-refractivity contribution in [3.63, 3.8) is 0 Å². The van der Waals surface area contributed by atoms with Crippen molar-refractivity contribution in [1.82, 2.24) is 19.5 Å². The minimum absolute atomic E-state index is 0.0507. The highest BCUT2D eigenvalue weighted by atomic mass is 35.5. The van der Waals surface area contributed by atoms with Crippen LogP contribution in [0.3, 0.4) is 0 Å². The summed E-state index contributed by atoms with van der Waals surface area (Å²) in [7, 11) is 0. The Kier molecular flexibility index (Phi) is 4.10. The Bertz CT molecular complexity index is 916. The molecule has 0 amide bonds. The van der Waals surface area contributed by atoms with Gasteiger partial charge in [-0.1, -0.05) is 11.6 Å². The second-order valence-electron chi connectivity index (χ2n) is 7.72. The summed E-state index contributed by atoms with van der Waals surface area (Å²) in [6, 6.07) is -0.132. The van der Waals surface area contributed by atoms with E-state index in [0.29, 0.717) is 17.6 Å². The Balaban J connectivity index is 1.76. The molecule has 0 spiro atoms. The molecule has 146 valence electrons. The van der Waals surface area contributed by atoms with Crippen LogP contribution >= 0.6 is 11.6 Å². The van der Waals surface area contributed by atoms with Gasteiger partial charge in [0.15, 0.2) is 16.6 Å². The maximum absolute atomic E-state index is 11.3. The number of hydrogen-bond donors (Lipinski definition) is 1. The first-order valence-electron chi connectivity index (χ1n) is 8.77. The lowest BCUT2D eigenvalue weighted by Gasteiger charge is -2.30. The van der Waals surface area contributed by atoms with Crippen LogP contribution in [0.2, 0.25) is 5.15 Å². The molecular formula is C17H22ClN5O4. The molecule has 0 radical (unpaired) electrons. The van der Waals surface area contributed by atoms with Gasteiger partial charge in [0.1, 0.15) is 17.2 Å². The number of aromatic nitrogens is 4. The van der Waals surface area contributed by atoms with Crippen LogP contribution in [0.15, 0.2) is 6.33 Å². The number of imidazole rings is 1. The summed E-state index contributed by atoms with van der Waals surface area (Å²) in [4.78, 5) is 23.9. The van der Waals surface area contributed by atoms with Gasteiger partial charge in [0, 0.05) is 12.8 Å². The van der Waals surface area contributed by atoms with Crippen molar-refractivity contribution < 1.29 is 19.0 Å². The largest absolute Gasteiger partial charge is 0.465 e. The maximum atomic E-state index is 11.3. The van der Waals surface area contributed by atoms with Crippen molar-refractivity contribution in [3.05, 3.63) is 11.5 Å². The number of carbonyl (C=O) groups excluding carboxylic acids is 1. The van der Waals surface area contributed by atoms with E-state index in [0.717, 1.165) is 0 Å². The molecule has 2 aliphatic rings. The summed E-state index contributed by atoms with van der Waals surface area (Å²) in [6.07, 6.45) is 2.05. The lowest BCUT2D eigenvalue weighted by atomic mass is 9.92. The third-order valence-electron chi connectivity index (χ3n) is 5.37. The van der Waals surface area contributed by atoms with Gasteiger partial charge in [-0.25, -0.2) is 4.98 Å². The zero-order chi connectivity index (χ0) is 19.6. The van der Waals surface area contributed by atoms with E-state index in [9.17, 15) is 4.79 Å². The molecule has 2 aromatic heterocycles. The number of hydrogen-bond acceptors (Lipinski definition) is 8. The lowest BCUT2D eigenvalue weighted by Crippen LogP contribution is -2.42. The summed E-state index contributed by atoms with van der Waals surface area (Å²) in [5.74, 6) is -1.05. The van der Waals surface area contributed by atoms with E-state index < -0.39 is 11.4 Å². The molecule has 9 nitrogen and oxygen atoms in total. The Hall–Kier alpha value is -1.97. The van der Waals surface area contributed by atoms with E-state index in [2.05, 4.69) is 15.0 Å². The van der Waals surface area contributed by atoms with Gasteiger partial charge in [-0.2, -0.15) is 9.97 Å². The number of rotatable bonds is 3. The molecule has 2 fully saturated rings. The van der Waals surface area contributed by atoms with Gasteiger partial charge < -0.3 is 24.5 Å². The molecule has 3 heterocycles. The summed E-state index contributed by atoms with van der Waals surface area (Å²) < 4.78 is 19.7. The molecule has 2 aromatic rings. The van der Waals surface area contributed by atoms with Crippen LogP contribution < -0.4 is 5.73 Å². The second-order valence-corrected chi connectivity index (χ2v) is 8.08. The number of fused-ring (bicyclic) bond motifs is 2. The van der Waals surface area contributed by atoms with E-state index in [1.165, 1.54) is 6.92 Å². The van der Waals surface area contributed by atoms with E-state index in [1.54, 1.807) is 6.33 Å². The van der Waals surface area contributed by atoms with Crippen molar-refractivity contribution in [2.45, 2.75) is 57.6 Å². The van der Waals surface area contributed by atoms with Crippen LogP contribution in [0, 0.1) is 5.92 Å². The van der Waals surface area contributed by atoms with Gasteiger partial charge in [0.2, 0.25) is 5.95 Å². The van der Waals surface area contributed by atoms with Crippen molar-refractivity contribution in [2.75, 3.05) is 12.3 Å². The van der Waals surface area contributed by atoms with Crippen LogP contribution in [0.25, 0.3) is 11.2 Å². The van der Waals surface area contributed by atoms with E-state index in [1.807, 2.05) is 25.3 Å². The predicted molar refractivity (Wildman–Crippen MR) is 97.0 cm³/mol. The fourth-order valence-electron chi connectivity index (χ4n) is 4.31. The van der Waals surface area contributed by atoms with Crippen molar-refractivity contribution in [1.29, 1.82) is 0 Å². The minimum Gasteiger partial charge on any atom is -0.465 e. The van der Waals surface area contributed by atoms with Gasteiger partial charge in [0.25, 0.3) is 0 Å². The normalized spacial score (nSPS) is 32.0. The van der Waals surface area contributed by atoms with E-state index >= 15 is 0 Å². The standard InChI is InChI=1S/C17H22ClN5O4/c1-8(24)25-6-9-5-10(12-17(9,4)27-16(2,3)26-12)23-7-20-11-13(18)21-15(19)22-14(11)23/h7,9-10,12H,5-6H2,1-4H3,(H2,19,21,22)/t9-,10-,12?,17?/m1/s1. The topological polar surface area (TPSA) is 114 Å². The first kappa shape index (κ1) is 18.4. The number of nitrogens with two attached hydrogens (primary N) is 1. The fourth-order valence-corrected chi connectivity index (χ4v) is 4.53. The SMILES string of the molecule is CC(=O)OC[C@H]1C[C@@H](n2cnc3c(Cl)nc(N)nc32)C2OC(C)(C)OC21C. The molecule has 0 bridgehead atoms. The van der Waals surface area contributed by atoms with E-state index in [4.69, 9.17) is 31.5 Å². The van der Waals surface area contributed by atoms with Gasteiger partial charge >= 0.3 is 5.97 Å². The quantitative estimate of drug-likeness (QED) is 0.620. The van der Waals surface area contributed by atoms with Crippen LogP contribution in [0.4, 0.5) is 5.95 Å². The highest BCUT2D eigenvalue weighted by molar-refractivity contribution is 6.33. The zero-order valence-electron chi connectivity index (χ0n) is 15.6.